The van der Waals surface area contributed by atoms with E-state index in [9.17, 15) is 8.78 Å². The lowest BCUT2D eigenvalue weighted by Crippen LogP contribution is -2.13. The molecule has 0 aromatic heterocycles. The predicted molar refractivity (Wildman–Crippen MR) is 45.2 cm³/mol. The summed E-state index contributed by atoms with van der Waals surface area (Å²) in [6, 6.07) is 5.71. The van der Waals surface area contributed by atoms with E-state index in [-0.39, 0.29) is 11.1 Å². The van der Waals surface area contributed by atoms with Gasteiger partial charge in [0.1, 0.15) is 11.5 Å². The predicted octanol–water partition coefficient (Wildman–Crippen LogP) is 2.90. The van der Waals surface area contributed by atoms with E-state index in [1.807, 2.05) is 0 Å². The fourth-order valence-corrected chi connectivity index (χ4v) is 1.22. The third-order valence-corrected chi connectivity index (χ3v) is 1.73. The van der Waals surface area contributed by atoms with Crippen molar-refractivity contribution in [3.05, 3.63) is 35.1 Å². The van der Waals surface area contributed by atoms with Gasteiger partial charge in [0, 0.05) is 5.56 Å². The molecule has 0 atom stereocenters. The summed E-state index contributed by atoms with van der Waals surface area (Å²) in [5.74, 6) is -0.674. The maximum Gasteiger partial charge on any atom is 0.134 e. The molecule has 0 N–H and O–H groups in total. The molecule has 0 aliphatic carbocycles. The zero-order valence-corrected chi connectivity index (χ0v) is 7.44. The Labute approximate surface area is 75.6 Å². The van der Waals surface area contributed by atoms with Gasteiger partial charge >= 0.3 is 0 Å². The van der Waals surface area contributed by atoms with E-state index < -0.39 is 11.5 Å². The molecule has 0 heterocycles. The molecule has 1 rings (SSSR count). The first kappa shape index (κ1) is 9.66. The second-order valence-electron chi connectivity index (χ2n) is 3.25. The second-order valence-corrected chi connectivity index (χ2v) is 3.25. The second kappa shape index (κ2) is 3.14. The van der Waals surface area contributed by atoms with Crippen LogP contribution in [0.5, 0.6) is 0 Å². The van der Waals surface area contributed by atoms with Gasteiger partial charge in [-0.15, -0.1) is 0 Å². The van der Waals surface area contributed by atoms with Gasteiger partial charge in [-0.05, 0) is 26.0 Å². The van der Waals surface area contributed by atoms with Crippen molar-refractivity contribution < 1.29 is 8.78 Å². The molecule has 0 fully saturated rings. The van der Waals surface area contributed by atoms with Crippen LogP contribution in [0, 0.1) is 17.1 Å². The van der Waals surface area contributed by atoms with Gasteiger partial charge in [0.2, 0.25) is 0 Å². The molecule has 1 aromatic carbocycles. The highest BCUT2D eigenvalue weighted by atomic mass is 19.1. The molecule has 0 aliphatic heterocycles. The number of nitrogens with zero attached hydrogens (tertiary/aromatic N) is 1. The summed E-state index contributed by atoms with van der Waals surface area (Å²) >= 11 is 0. The number of hydrogen-bond acceptors (Lipinski definition) is 1. The lowest BCUT2D eigenvalue weighted by molar-refractivity contribution is 0.213. The minimum atomic E-state index is -1.82. The Hall–Kier alpha value is -1.43. The Kier molecular flexibility index (Phi) is 2.33. The summed E-state index contributed by atoms with van der Waals surface area (Å²) in [7, 11) is 0. The van der Waals surface area contributed by atoms with Crippen LogP contribution in [0.15, 0.2) is 18.2 Å². The lowest BCUT2D eigenvalue weighted by atomic mass is 9.95. The summed E-state index contributed by atoms with van der Waals surface area (Å²) in [4.78, 5) is 0. The first-order valence-electron chi connectivity index (χ1n) is 3.85. The Morgan fingerprint density at radius 3 is 2.38 bits per heavy atom. The number of halogens is 2. The molecule has 0 saturated carbocycles. The molecule has 68 valence electrons. The molecule has 0 radical (unpaired) electrons. The number of alkyl halides is 1. The average molecular weight is 181 g/mol. The molecule has 1 aromatic rings. The fraction of sp³-hybridized carbons (Fsp3) is 0.300. The van der Waals surface area contributed by atoms with Crippen LogP contribution in [-0.4, -0.2) is 0 Å². The molecule has 0 saturated heterocycles. The van der Waals surface area contributed by atoms with E-state index in [2.05, 4.69) is 0 Å². The van der Waals surface area contributed by atoms with E-state index in [1.54, 1.807) is 6.07 Å². The fourth-order valence-electron chi connectivity index (χ4n) is 1.22. The van der Waals surface area contributed by atoms with Crippen molar-refractivity contribution in [2.24, 2.45) is 0 Å². The molecular formula is C10H9F2N. The van der Waals surface area contributed by atoms with Gasteiger partial charge in [0.05, 0.1) is 11.6 Å². The molecule has 0 unspecified atom stereocenters. The minimum absolute atomic E-state index is 0.0486. The highest BCUT2D eigenvalue weighted by Crippen LogP contribution is 2.29. The van der Waals surface area contributed by atoms with Gasteiger partial charge in [0.25, 0.3) is 0 Å². The summed E-state index contributed by atoms with van der Waals surface area (Å²) in [5, 5.41) is 8.62. The maximum absolute atomic E-state index is 13.4. The summed E-state index contributed by atoms with van der Waals surface area (Å²) < 4.78 is 26.6. The largest absolute Gasteiger partial charge is 0.239 e. The van der Waals surface area contributed by atoms with Crippen molar-refractivity contribution in [2.75, 3.05) is 0 Å². The molecule has 0 amide bonds. The lowest BCUT2D eigenvalue weighted by Gasteiger charge is -2.16. The summed E-state index contributed by atoms with van der Waals surface area (Å²) in [6.07, 6.45) is 0. The molecule has 1 nitrogen and oxygen atoms in total. The monoisotopic (exact) mass is 181 g/mol. The molecule has 0 bridgehead atoms. The van der Waals surface area contributed by atoms with Crippen LogP contribution in [0.4, 0.5) is 8.78 Å². The van der Waals surface area contributed by atoms with Crippen molar-refractivity contribution in [1.29, 1.82) is 5.26 Å². The van der Waals surface area contributed by atoms with Crippen LogP contribution < -0.4 is 0 Å². The highest BCUT2D eigenvalue weighted by molar-refractivity contribution is 5.41. The summed E-state index contributed by atoms with van der Waals surface area (Å²) in [6.45, 7) is 2.46. The zero-order chi connectivity index (χ0) is 10.1. The highest BCUT2D eigenvalue weighted by Gasteiger charge is 2.26. The van der Waals surface area contributed by atoms with Gasteiger partial charge in [-0.25, -0.2) is 8.78 Å². The van der Waals surface area contributed by atoms with Crippen molar-refractivity contribution >= 4 is 0 Å². The standard InChI is InChI=1S/C10H9F2N/c1-10(2,12)9-7(6-13)4-3-5-8(9)11/h3-5H,1-2H3. The van der Waals surface area contributed by atoms with Crippen molar-refractivity contribution in [3.63, 3.8) is 0 Å². The first-order valence-corrected chi connectivity index (χ1v) is 3.85. The Morgan fingerprint density at radius 1 is 1.38 bits per heavy atom. The van der Waals surface area contributed by atoms with E-state index in [0.29, 0.717) is 0 Å². The van der Waals surface area contributed by atoms with E-state index in [4.69, 9.17) is 5.26 Å². The van der Waals surface area contributed by atoms with E-state index >= 15 is 0 Å². The van der Waals surface area contributed by atoms with Crippen LogP contribution in [0.25, 0.3) is 0 Å². The molecular weight excluding hydrogens is 172 g/mol. The van der Waals surface area contributed by atoms with Crippen LogP contribution in [0.2, 0.25) is 0 Å². The van der Waals surface area contributed by atoms with Gasteiger partial charge in [-0.1, -0.05) is 6.07 Å². The maximum atomic E-state index is 13.4. The smallest absolute Gasteiger partial charge is 0.134 e. The third kappa shape index (κ3) is 1.83. The normalized spacial score (nSPS) is 11.0. The molecule has 13 heavy (non-hydrogen) atoms. The van der Waals surface area contributed by atoms with Gasteiger partial charge in [0.15, 0.2) is 0 Å². The zero-order valence-electron chi connectivity index (χ0n) is 7.44. The number of benzene rings is 1. The molecule has 3 heteroatoms. The Bertz CT molecular complexity index is 358. The van der Waals surface area contributed by atoms with Crippen molar-refractivity contribution in [2.45, 2.75) is 19.5 Å². The van der Waals surface area contributed by atoms with Crippen LogP contribution in [-0.2, 0) is 5.67 Å². The van der Waals surface area contributed by atoms with Crippen molar-refractivity contribution in [1.82, 2.24) is 0 Å². The summed E-state index contributed by atoms with van der Waals surface area (Å²) in [5.41, 5.74) is -1.94. The SMILES string of the molecule is CC(C)(F)c1c(F)cccc1C#N. The van der Waals surface area contributed by atoms with E-state index in [1.165, 1.54) is 26.0 Å². The number of nitriles is 1. The van der Waals surface area contributed by atoms with Crippen LogP contribution in [0.3, 0.4) is 0 Å². The van der Waals surface area contributed by atoms with Crippen LogP contribution in [0.1, 0.15) is 25.0 Å². The topological polar surface area (TPSA) is 23.8 Å². The molecule has 0 spiro atoms. The van der Waals surface area contributed by atoms with Crippen molar-refractivity contribution in [3.8, 4) is 6.07 Å². The minimum Gasteiger partial charge on any atom is -0.239 e. The average Bonchev–Trinajstić information content (AvgIpc) is 2.01. The van der Waals surface area contributed by atoms with Crippen LogP contribution >= 0.6 is 0 Å². The van der Waals surface area contributed by atoms with E-state index in [0.717, 1.165) is 6.07 Å². The van der Waals surface area contributed by atoms with Gasteiger partial charge in [-0.2, -0.15) is 5.26 Å². The first-order chi connectivity index (χ1) is 5.96. The number of rotatable bonds is 1. The van der Waals surface area contributed by atoms with Gasteiger partial charge in [-0.3, -0.25) is 0 Å². The Morgan fingerprint density at radius 2 is 2.00 bits per heavy atom. The quantitative estimate of drug-likeness (QED) is 0.653. The third-order valence-electron chi connectivity index (χ3n) is 1.73. The Balaban J connectivity index is 3.43. The number of hydrogen-bond donors (Lipinski definition) is 0. The molecule has 0 aliphatic rings. The van der Waals surface area contributed by atoms with Gasteiger partial charge < -0.3 is 0 Å².